The molecule has 8 nitrogen and oxygen atoms in total. The topological polar surface area (TPSA) is 122 Å². The number of halogens is 1. The molecule has 0 aliphatic carbocycles. The maximum Gasteiger partial charge on any atom is 0.274 e. The predicted molar refractivity (Wildman–Crippen MR) is 71.5 cm³/mol. The zero-order valence-corrected chi connectivity index (χ0v) is 11.8. The quantitative estimate of drug-likeness (QED) is 0.623. The molecule has 1 rings (SSSR count). The van der Waals surface area contributed by atoms with Gasteiger partial charge in [0.15, 0.2) is 11.5 Å². The molecule has 0 unspecified atom stereocenters. The number of nitrogens with two attached hydrogens (primary N) is 1. The van der Waals surface area contributed by atoms with Gasteiger partial charge in [0.2, 0.25) is 10.0 Å². The highest BCUT2D eigenvalue weighted by Crippen LogP contribution is 2.37. The van der Waals surface area contributed by atoms with Crippen LogP contribution in [0.25, 0.3) is 0 Å². The summed E-state index contributed by atoms with van der Waals surface area (Å²) >= 11 is 5.31. The first-order valence-electron chi connectivity index (χ1n) is 5.08. The number of nitro groups is 1. The second-order valence-corrected chi connectivity index (χ2v) is 5.23. The highest BCUT2D eigenvalue weighted by Gasteiger charge is 2.24. The Kier molecular flexibility index (Phi) is 5.31. The Morgan fingerprint density at radius 2 is 2.15 bits per heavy atom. The van der Waals surface area contributed by atoms with E-state index in [1.807, 2.05) is 0 Å². The minimum atomic E-state index is -4.21. The number of rotatable bonds is 6. The highest BCUT2D eigenvalue weighted by atomic mass is 35.5. The molecule has 0 bridgehead atoms. The molecule has 10 heteroatoms. The second-order valence-electron chi connectivity index (χ2n) is 3.45. The predicted octanol–water partition coefficient (Wildman–Crippen LogP) is 1.38. The lowest BCUT2D eigenvalue weighted by atomic mass is 10.3. The third kappa shape index (κ3) is 3.83. The number of hydrogen-bond acceptors (Lipinski definition) is 6. The molecular weight excluding hydrogens is 312 g/mol. The normalized spacial score (nSPS) is 11.6. The summed E-state index contributed by atoms with van der Waals surface area (Å²) in [6, 6.07) is 1.84. The van der Waals surface area contributed by atoms with E-state index in [-0.39, 0.29) is 18.1 Å². The van der Waals surface area contributed by atoms with Gasteiger partial charge in [-0.3, -0.25) is 10.1 Å². The van der Waals surface area contributed by atoms with Crippen molar-refractivity contribution in [1.29, 1.82) is 0 Å². The van der Waals surface area contributed by atoms with Crippen LogP contribution in [0.2, 0.25) is 0 Å². The number of primary sulfonamides is 1. The molecule has 0 saturated heterocycles. The molecule has 0 aliphatic rings. The Morgan fingerprint density at radius 3 is 2.60 bits per heavy atom. The molecule has 0 atom stereocenters. The summed E-state index contributed by atoms with van der Waals surface area (Å²) in [5.41, 5.74) is 0.699. The van der Waals surface area contributed by atoms with Gasteiger partial charge in [0, 0.05) is 11.6 Å². The van der Waals surface area contributed by atoms with Crippen molar-refractivity contribution in [3.8, 4) is 11.5 Å². The molecule has 0 radical (unpaired) electrons. The standard InChI is InChI=1S/C10H11ClN2O6S/c1-18-10-8(19-4-2-3-11)5-7(13(14)15)6-9(10)20(12,16)17/h2-3,5-6H,4H2,1H3,(H2,12,16,17)/b3-2+. The molecule has 0 heterocycles. The summed E-state index contributed by atoms with van der Waals surface area (Å²) in [5, 5.41) is 15.8. The summed E-state index contributed by atoms with van der Waals surface area (Å²) < 4.78 is 33.0. The van der Waals surface area contributed by atoms with Gasteiger partial charge in [-0.1, -0.05) is 11.6 Å². The zero-order chi connectivity index (χ0) is 15.3. The lowest BCUT2D eigenvalue weighted by Gasteiger charge is -2.12. The number of methoxy groups -OCH3 is 1. The average Bonchev–Trinajstić information content (AvgIpc) is 2.36. The molecule has 1 aromatic carbocycles. The van der Waals surface area contributed by atoms with Crippen molar-refractivity contribution in [2.75, 3.05) is 13.7 Å². The zero-order valence-electron chi connectivity index (χ0n) is 10.3. The van der Waals surface area contributed by atoms with Crippen molar-refractivity contribution in [2.24, 2.45) is 5.14 Å². The van der Waals surface area contributed by atoms with Gasteiger partial charge >= 0.3 is 0 Å². The minimum absolute atomic E-state index is 0.0227. The fourth-order valence-corrected chi connectivity index (χ4v) is 2.16. The molecule has 0 spiro atoms. The van der Waals surface area contributed by atoms with E-state index < -0.39 is 25.5 Å². The fraction of sp³-hybridized carbons (Fsp3) is 0.200. The number of benzene rings is 1. The first-order valence-corrected chi connectivity index (χ1v) is 7.06. The van der Waals surface area contributed by atoms with Gasteiger partial charge < -0.3 is 9.47 Å². The van der Waals surface area contributed by atoms with E-state index >= 15 is 0 Å². The summed E-state index contributed by atoms with van der Waals surface area (Å²) in [6.07, 6.45) is 1.41. The molecule has 0 aliphatic heterocycles. The van der Waals surface area contributed by atoms with E-state index in [4.69, 9.17) is 26.2 Å². The SMILES string of the molecule is COc1c(OC/C=C/Cl)cc([N+](=O)[O-])cc1S(N)(=O)=O. The van der Waals surface area contributed by atoms with E-state index in [1.165, 1.54) is 18.7 Å². The monoisotopic (exact) mass is 322 g/mol. The molecule has 110 valence electrons. The minimum Gasteiger partial charge on any atom is -0.492 e. The lowest BCUT2D eigenvalue weighted by Crippen LogP contribution is -2.14. The first-order chi connectivity index (χ1) is 9.31. The molecule has 0 amide bonds. The third-order valence-electron chi connectivity index (χ3n) is 2.15. The van der Waals surface area contributed by atoms with Crippen LogP contribution < -0.4 is 14.6 Å². The molecule has 2 N–H and O–H groups in total. The van der Waals surface area contributed by atoms with E-state index in [1.54, 1.807) is 0 Å². The van der Waals surface area contributed by atoms with Crippen LogP contribution in [-0.4, -0.2) is 27.1 Å². The van der Waals surface area contributed by atoms with Crippen LogP contribution in [0.1, 0.15) is 0 Å². The Bertz CT molecular complexity index is 643. The van der Waals surface area contributed by atoms with Gasteiger partial charge in [0.1, 0.15) is 11.5 Å². The summed E-state index contributed by atoms with van der Waals surface area (Å²) in [6.45, 7) is -0.0227. The lowest BCUT2D eigenvalue weighted by molar-refractivity contribution is -0.385. The fourth-order valence-electron chi connectivity index (χ4n) is 1.36. The first kappa shape index (κ1) is 16.2. The number of nitrogens with zero attached hydrogens (tertiary/aromatic N) is 1. The molecule has 0 fully saturated rings. The van der Waals surface area contributed by atoms with Crippen molar-refractivity contribution in [3.63, 3.8) is 0 Å². The van der Waals surface area contributed by atoms with Crippen LogP contribution in [0.15, 0.2) is 28.6 Å². The van der Waals surface area contributed by atoms with Gasteiger partial charge in [-0.15, -0.1) is 0 Å². The maximum atomic E-state index is 11.5. The van der Waals surface area contributed by atoms with Crippen molar-refractivity contribution >= 4 is 27.3 Å². The molecule has 1 aromatic rings. The van der Waals surface area contributed by atoms with E-state index in [9.17, 15) is 18.5 Å². The van der Waals surface area contributed by atoms with Crippen molar-refractivity contribution < 1.29 is 22.8 Å². The van der Waals surface area contributed by atoms with E-state index in [0.29, 0.717) is 0 Å². The molecule has 20 heavy (non-hydrogen) atoms. The van der Waals surface area contributed by atoms with E-state index in [2.05, 4.69) is 0 Å². The van der Waals surface area contributed by atoms with Crippen LogP contribution in [0.4, 0.5) is 5.69 Å². The van der Waals surface area contributed by atoms with Crippen molar-refractivity contribution in [1.82, 2.24) is 0 Å². The number of sulfonamides is 1. The summed E-state index contributed by atoms with van der Waals surface area (Å²) in [5.74, 6) is -0.332. The van der Waals surface area contributed by atoms with Crippen LogP contribution in [0, 0.1) is 10.1 Å². The van der Waals surface area contributed by atoms with Gasteiger partial charge in [-0.2, -0.15) is 0 Å². The van der Waals surface area contributed by atoms with Gasteiger partial charge in [0.05, 0.1) is 18.1 Å². The van der Waals surface area contributed by atoms with Crippen LogP contribution in [-0.2, 0) is 10.0 Å². The van der Waals surface area contributed by atoms with Crippen LogP contribution >= 0.6 is 11.6 Å². The number of ether oxygens (including phenoxy) is 2. The molecule has 0 saturated carbocycles. The van der Waals surface area contributed by atoms with E-state index in [0.717, 1.165) is 12.1 Å². The summed E-state index contributed by atoms with van der Waals surface area (Å²) in [4.78, 5) is 9.51. The number of hydrogen-bond donors (Lipinski definition) is 1. The Labute approximate surface area is 119 Å². The highest BCUT2D eigenvalue weighted by molar-refractivity contribution is 7.89. The number of non-ortho nitro benzene ring substituents is 1. The smallest absolute Gasteiger partial charge is 0.274 e. The average molecular weight is 323 g/mol. The van der Waals surface area contributed by atoms with Crippen molar-refractivity contribution in [2.45, 2.75) is 4.90 Å². The Balaban J connectivity index is 3.46. The maximum absolute atomic E-state index is 11.5. The third-order valence-corrected chi connectivity index (χ3v) is 3.25. The second kappa shape index (κ2) is 6.55. The molecular formula is C10H11ClN2O6S. The number of nitro benzene ring substituents is 1. The Hall–Kier alpha value is -1.84. The van der Waals surface area contributed by atoms with Crippen molar-refractivity contribution in [3.05, 3.63) is 33.9 Å². The van der Waals surface area contributed by atoms with Crippen LogP contribution in [0.3, 0.4) is 0 Å². The molecule has 0 aromatic heterocycles. The van der Waals surface area contributed by atoms with Gasteiger partial charge in [-0.05, 0) is 6.08 Å². The summed E-state index contributed by atoms with van der Waals surface area (Å²) in [7, 11) is -3.01. The van der Waals surface area contributed by atoms with Gasteiger partial charge in [0.25, 0.3) is 5.69 Å². The Morgan fingerprint density at radius 1 is 1.50 bits per heavy atom. The van der Waals surface area contributed by atoms with Crippen LogP contribution in [0.5, 0.6) is 11.5 Å². The van der Waals surface area contributed by atoms with Gasteiger partial charge in [-0.25, -0.2) is 13.6 Å². The largest absolute Gasteiger partial charge is 0.492 e.